The fraction of sp³-hybridized carbons (Fsp3) is 0.636. The highest BCUT2D eigenvalue weighted by atomic mass is 19.4. The van der Waals surface area contributed by atoms with Crippen LogP contribution in [0.2, 0.25) is 0 Å². The Morgan fingerprint density at radius 3 is 1.43 bits per heavy atom. The monoisotopic (exact) mass is 599 g/mol. The molecule has 4 rings (SSSR count). The average molecular weight is 599 g/mol. The Kier molecular flexibility index (Phi) is 12.6. The Balaban J connectivity index is 0.000000319. The lowest BCUT2D eigenvalue weighted by molar-refractivity contribution is -0.193. The molecular formula is C22H26F9N3O6. The van der Waals surface area contributed by atoms with E-state index in [1.165, 1.54) is 51.1 Å². The Hall–Kier alpha value is -3.15. The maximum atomic E-state index is 10.6. The number of aromatic nitrogens is 1. The van der Waals surface area contributed by atoms with Crippen molar-refractivity contribution in [3.63, 3.8) is 0 Å². The Labute approximate surface area is 221 Å². The first-order valence-electron chi connectivity index (χ1n) is 11.4. The van der Waals surface area contributed by atoms with Crippen LogP contribution in [0.5, 0.6) is 0 Å². The van der Waals surface area contributed by atoms with Gasteiger partial charge in [-0.15, -0.1) is 0 Å². The number of rotatable bonds is 4. The molecule has 0 aromatic carbocycles. The standard InChI is InChI=1S/C16H23N3.3C2HF3O2/c1-2-14(6-17-5-1)8-19-11-15-9-18(7-13-3-4-13)10-16(15)12-19;3*3-2(4,5)1(6)7/h1-2,5-6,13,15-16H,3-4,7-12H2;3*(H,6,7). The normalized spacial score (nSPS) is 21.0. The van der Waals surface area contributed by atoms with Gasteiger partial charge in [0, 0.05) is 51.7 Å². The number of nitrogens with zero attached hydrogens (tertiary/aromatic N) is 3. The summed E-state index contributed by atoms with van der Waals surface area (Å²) in [6, 6.07) is 4.24. The molecular weight excluding hydrogens is 573 g/mol. The molecule has 2 saturated heterocycles. The second-order valence-corrected chi connectivity index (χ2v) is 9.15. The fourth-order valence-corrected chi connectivity index (χ4v) is 3.88. The molecule has 1 aromatic heterocycles. The molecule has 9 nitrogen and oxygen atoms in total. The van der Waals surface area contributed by atoms with Crippen molar-refractivity contribution in [2.45, 2.75) is 37.9 Å². The van der Waals surface area contributed by atoms with E-state index in [1.54, 1.807) is 0 Å². The number of carboxylic acids is 3. The van der Waals surface area contributed by atoms with Crippen molar-refractivity contribution in [3.05, 3.63) is 30.1 Å². The van der Waals surface area contributed by atoms with Crippen LogP contribution >= 0.6 is 0 Å². The first kappa shape index (κ1) is 34.9. The number of aliphatic carboxylic acids is 3. The quantitative estimate of drug-likeness (QED) is 0.443. The Morgan fingerprint density at radius 2 is 1.12 bits per heavy atom. The van der Waals surface area contributed by atoms with Gasteiger partial charge in [-0.3, -0.25) is 9.88 Å². The number of carboxylic acid groups (broad SMARTS) is 3. The lowest BCUT2D eigenvalue weighted by Gasteiger charge is -2.21. The summed E-state index contributed by atoms with van der Waals surface area (Å²) in [6.07, 6.45) is -8.41. The molecule has 0 spiro atoms. The van der Waals surface area contributed by atoms with E-state index in [1.807, 2.05) is 18.5 Å². The summed E-state index contributed by atoms with van der Waals surface area (Å²) in [4.78, 5) is 36.3. The van der Waals surface area contributed by atoms with Crippen molar-refractivity contribution in [2.75, 3.05) is 32.7 Å². The average Bonchev–Trinajstić information content (AvgIpc) is 3.42. The summed E-state index contributed by atoms with van der Waals surface area (Å²) in [7, 11) is 0. The minimum absolute atomic E-state index is 0.926. The molecule has 18 heteroatoms. The largest absolute Gasteiger partial charge is 0.490 e. The van der Waals surface area contributed by atoms with Gasteiger partial charge in [0.2, 0.25) is 0 Å². The first-order chi connectivity index (χ1) is 18.2. The summed E-state index contributed by atoms with van der Waals surface area (Å²) in [5, 5.41) is 21.4. The number of halogens is 9. The lowest BCUT2D eigenvalue weighted by atomic mass is 10.0. The van der Waals surface area contributed by atoms with E-state index >= 15 is 0 Å². The van der Waals surface area contributed by atoms with E-state index in [0.717, 1.165) is 24.3 Å². The van der Waals surface area contributed by atoms with Crippen molar-refractivity contribution in [1.29, 1.82) is 0 Å². The van der Waals surface area contributed by atoms with Gasteiger partial charge in [0.25, 0.3) is 0 Å². The summed E-state index contributed by atoms with van der Waals surface area (Å²) in [5.74, 6) is -5.37. The van der Waals surface area contributed by atoms with Crippen LogP contribution in [0.3, 0.4) is 0 Å². The second-order valence-electron chi connectivity index (χ2n) is 9.15. The molecule has 1 aromatic rings. The van der Waals surface area contributed by atoms with Gasteiger partial charge in [-0.2, -0.15) is 39.5 Å². The second kappa shape index (κ2) is 14.5. The van der Waals surface area contributed by atoms with Crippen molar-refractivity contribution < 1.29 is 69.2 Å². The third kappa shape index (κ3) is 13.8. The number of pyridine rings is 1. The van der Waals surface area contributed by atoms with E-state index in [9.17, 15) is 39.5 Å². The predicted octanol–water partition coefficient (Wildman–Crippen LogP) is 3.76. The molecule has 3 fully saturated rings. The highest BCUT2D eigenvalue weighted by Crippen LogP contribution is 2.36. The summed E-state index contributed by atoms with van der Waals surface area (Å²) in [5.41, 5.74) is 1.36. The van der Waals surface area contributed by atoms with E-state index in [0.29, 0.717) is 0 Å². The van der Waals surface area contributed by atoms with Crippen LogP contribution in [0.4, 0.5) is 39.5 Å². The molecule has 3 aliphatic rings. The minimum Gasteiger partial charge on any atom is -0.475 e. The zero-order chi connectivity index (χ0) is 30.9. The topological polar surface area (TPSA) is 131 Å². The minimum atomic E-state index is -5.08. The van der Waals surface area contributed by atoms with Crippen molar-refractivity contribution in [1.82, 2.24) is 14.8 Å². The predicted molar refractivity (Wildman–Crippen MR) is 117 cm³/mol. The van der Waals surface area contributed by atoms with E-state index < -0.39 is 36.4 Å². The van der Waals surface area contributed by atoms with Crippen molar-refractivity contribution in [2.24, 2.45) is 17.8 Å². The number of fused-ring (bicyclic) bond motifs is 1. The van der Waals surface area contributed by atoms with Gasteiger partial charge >= 0.3 is 36.4 Å². The van der Waals surface area contributed by atoms with Crippen molar-refractivity contribution >= 4 is 17.9 Å². The third-order valence-electron chi connectivity index (χ3n) is 5.71. The fourth-order valence-electron chi connectivity index (χ4n) is 3.88. The summed E-state index contributed by atoms with van der Waals surface area (Å²) >= 11 is 0. The lowest BCUT2D eigenvalue weighted by Crippen LogP contribution is -2.29. The molecule has 40 heavy (non-hydrogen) atoms. The molecule has 0 amide bonds. The zero-order valence-corrected chi connectivity index (χ0v) is 20.5. The van der Waals surface area contributed by atoms with Gasteiger partial charge in [0.1, 0.15) is 0 Å². The van der Waals surface area contributed by atoms with Crippen LogP contribution in [0, 0.1) is 17.8 Å². The number of carbonyl (C=O) groups is 3. The molecule has 0 bridgehead atoms. The zero-order valence-electron chi connectivity index (χ0n) is 20.5. The summed E-state index contributed by atoms with van der Waals surface area (Å²) in [6.45, 7) is 7.76. The van der Waals surface area contributed by atoms with Gasteiger partial charge in [0.15, 0.2) is 0 Å². The van der Waals surface area contributed by atoms with E-state index in [2.05, 4.69) is 20.9 Å². The van der Waals surface area contributed by atoms with Gasteiger partial charge in [-0.1, -0.05) is 6.07 Å². The molecule has 1 saturated carbocycles. The van der Waals surface area contributed by atoms with Crippen molar-refractivity contribution in [3.8, 4) is 0 Å². The smallest absolute Gasteiger partial charge is 0.475 e. The maximum Gasteiger partial charge on any atom is 0.490 e. The van der Waals surface area contributed by atoms with Gasteiger partial charge < -0.3 is 20.2 Å². The number of hydrogen-bond donors (Lipinski definition) is 3. The molecule has 228 valence electrons. The molecule has 2 unspecified atom stereocenters. The van der Waals surface area contributed by atoms with Crippen LogP contribution in [0.1, 0.15) is 18.4 Å². The van der Waals surface area contributed by atoms with Crippen LogP contribution in [0.15, 0.2) is 24.5 Å². The van der Waals surface area contributed by atoms with Crippen LogP contribution in [-0.2, 0) is 20.9 Å². The third-order valence-corrected chi connectivity index (χ3v) is 5.71. The summed E-state index contributed by atoms with van der Waals surface area (Å²) < 4.78 is 95.2. The molecule has 0 radical (unpaired) electrons. The molecule has 3 N–H and O–H groups in total. The highest BCUT2D eigenvalue weighted by Gasteiger charge is 2.41. The van der Waals surface area contributed by atoms with Gasteiger partial charge in [-0.25, -0.2) is 14.4 Å². The van der Waals surface area contributed by atoms with Gasteiger partial charge in [-0.05, 0) is 42.2 Å². The number of hydrogen-bond acceptors (Lipinski definition) is 6. The van der Waals surface area contributed by atoms with Crippen LogP contribution in [0.25, 0.3) is 0 Å². The van der Waals surface area contributed by atoms with Gasteiger partial charge in [0.05, 0.1) is 0 Å². The molecule has 3 heterocycles. The Morgan fingerprint density at radius 1 is 0.750 bits per heavy atom. The first-order valence-corrected chi connectivity index (χ1v) is 11.4. The molecule has 2 aliphatic heterocycles. The maximum absolute atomic E-state index is 10.6. The number of alkyl halides is 9. The number of likely N-dealkylation sites (tertiary alicyclic amines) is 2. The highest BCUT2D eigenvalue weighted by molar-refractivity contribution is 5.73. The SMILES string of the molecule is O=C(O)C(F)(F)F.O=C(O)C(F)(F)F.O=C(O)C(F)(F)F.c1cncc(CN2CC3CN(CC4CC4)CC3C2)c1. The Bertz CT molecular complexity index is 898. The van der Waals surface area contributed by atoms with Crippen LogP contribution < -0.4 is 0 Å². The van der Waals surface area contributed by atoms with E-state index in [4.69, 9.17) is 29.7 Å². The molecule has 1 aliphatic carbocycles. The van der Waals surface area contributed by atoms with Crippen LogP contribution in [-0.4, -0.2) is 99.3 Å². The molecule has 2 atom stereocenters. The van der Waals surface area contributed by atoms with E-state index in [-0.39, 0.29) is 0 Å².